The molecule has 1 aliphatic rings. The third-order valence-corrected chi connectivity index (χ3v) is 8.01. The van der Waals surface area contributed by atoms with E-state index in [1.807, 2.05) is 25.1 Å². The molecule has 1 fully saturated rings. The Balaban J connectivity index is 1.65. The smallest absolute Gasteiger partial charge is 0.230 e. The Kier molecular flexibility index (Phi) is 6.70. The van der Waals surface area contributed by atoms with Gasteiger partial charge in [-0.05, 0) is 31.9 Å². The van der Waals surface area contributed by atoms with E-state index in [4.69, 9.17) is 4.98 Å². The van der Waals surface area contributed by atoms with E-state index in [1.54, 1.807) is 0 Å². The van der Waals surface area contributed by atoms with Crippen LogP contribution >= 0.6 is 11.8 Å². The van der Waals surface area contributed by atoms with Crippen molar-refractivity contribution >= 4 is 38.5 Å². The number of aromatic nitrogens is 2. The molecule has 3 rings (SSSR count). The first kappa shape index (κ1) is 21.2. The highest BCUT2D eigenvalue weighted by Crippen LogP contribution is 2.26. The average molecular weight is 424 g/mol. The molecular weight excluding hydrogens is 394 g/mol. The highest BCUT2D eigenvalue weighted by atomic mass is 32.2. The molecule has 1 N–H and O–H groups in total. The number of benzene rings is 1. The minimum absolute atomic E-state index is 0.0202. The normalized spacial score (nSPS) is 21.2. The van der Waals surface area contributed by atoms with Crippen LogP contribution in [0.3, 0.4) is 0 Å². The van der Waals surface area contributed by atoms with Gasteiger partial charge in [-0.3, -0.25) is 4.79 Å². The summed E-state index contributed by atoms with van der Waals surface area (Å²) in [4.78, 5) is 17.2. The molecule has 0 saturated carbocycles. The van der Waals surface area contributed by atoms with Gasteiger partial charge in [0.25, 0.3) is 0 Å². The van der Waals surface area contributed by atoms with Gasteiger partial charge in [0.15, 0.2) is 15.0 Å². The van der Waals surface area contributed by atoms with E-state index in [2.05, 4.69) is 22.9 Å². The average Bonchev–Trinajstić information content (AvgIpc) is 3.13. The lowest BCUT2D eigenvalue weighted by Crippen LogP contribution is -2.47. The molecule has 0 unspecified atom stereocenters. The van der Waals surface area contributed by atoms with Crippen LogP contribution in [0.5, 0.6) is 0 Å². The van der Waals surface area contributed by atoms with Crippen molar-refractivity contribution in [3.05, 3.63) is 24.3 Å². The summed E-state index contributed by atoms with van der Waals surface area (Å²) in [5, 5.41) is 3.76. The molecule has 6 nitrogen and oxygen atoms in total. The number of nitrogens with one attached hydrogen (secondary N) is 1. The number of thioether (sulfide) groups is 1. The maximum absolute atomic E-state index is 12.5. The molecule has 0 aliphatic carbocycles. The Hall–Kier alpha value is -1.54. The van der Waals surface area contributed by atoms with E-state index < -0.39 is 15.4 Å². The summed E-state index contributed by atoms with van der Waals surface area (Å²) in [6.07, 6.45) is 5.16. The molecule has 1 amide bonds. The molecule has 0 spiro atoms. The Morgan fingerprint density at radius 1 is 1.29 bits per heavy atom. The Labute approximate surface area is 171 Å². The molecule has 1 aliphatic heterocycles. The number of unbranched alkanes of at least 4 members (excludes halogenated alkanes) is 3. The van der Waals surface area contributed by atoms with Gasteiger partial charge in [0.2, 0.25) is 5.91 Å². The quantitative estimate of drug-likeness (QED) is 0.494. The highest BCUT2D eigenvalue weighted by Gasteiger charge is 2.39. The van der Waals surface area contributed by atoms with Crippen LogP contribution in [-0.4, -0.2) is 46.7 Å². The van der Waals surface area contributed by atoms with E-state index >= 15 is 0 Å². The summed E-state index contributed by atoms with van der Waals surface area (Å²) in [6, 6.07) is 8.04. The van der Waals surface area contributed by atoms with Crippen LogP contribution in [0.2, 0.25) is 0 Å². The topological polar surface area (TPSA) is 81.1 Å². The van der Waals surface area contributed by atoms with Crippen molar-refractivity contribution in [1.29, 1.82) is 0 Å². The van der Waals surface area contributed by atoms with Gasteiger partial charge in [-0.1, -0.05) is 50.1 Å². The van der Waals surface area contributed by atoms with Gasteiger partial charge in [-0.15, -0.1) is 0 Å². The van der Waals surface area contributed by atoms with Gasteiger partial charge in [0, 0.05) is 6.54 Å². The lowest BCUT2D eigenvalue weighted by molar-refractivity contribution is -0.120. The molecular formula is C20H29N3O3S2. The van der Waals surface area contributed by atoms with E-state index in [1.165, 1.54) is 31.0 Å². The molecule has 0 radical (unpaired) electrons. The Morgan fingerprint density at radius 2 is 2.07 bits per heavy atom. The number of amides is 1. The predicted molar refractivity (Wildman–Crippen MR) is 114 cm³/mol. The zero-order valence-electron chi connectivity index (χ0n) is 16.6. The van der Waals surface area contributed by atoms with Gasteiger partial charge in [0.1, 0.15) is 0 Å². The number of carbonyl (C=O) groups is 1. The van der Waals surface area contributed by atoms with Crippen LogP contribution in [0.15, 0.2) is 29.4 Å². The number of nitrogens with zero attached hydrogens (tertiary/aromatic N) is 2. The second kappa shape index (κ2) is 8.86. The summed E-state index contributed by atoms with van der Waals surface area (Å²) < 4.78 is 25.7. The van der Waals surface area contributed by atoms with Gasteiger partial charge in [-0.2, -0.15) is 0 Å². The Bertz CT molecular complexity index is 939. The fourth-order valence-electron chi connectivity index (χ4n) is 3.69. The number of imidazole rings is 1. The minimum atomic E-state index is -3.04. The molecule has 28 heavy (non-hydrogen) atoms. The SMILES string of the molecule is CCCCCCn1c(SCC(=O)N[C@@]2(C)CCS(=O)(=O)C2)nc2ccccc21. The van der Waals surface area contributed by atoms with Crippen molar-refractivity contribution in [2.45, 2.75) is 63.2 Å². The zero-order chi connectivity index (χ0) is 20.2. The second-order valence-corrected chi connectivity index (χ2v) is 11.0. The van der Waals surface area contributed by atoms with E-state index in [0.717, 1.165) is 29.2 Å². The molecule has 1 saturated heterocycles. The lowest BCUT2D eigenvalue weighted by atomic mass is 10.0. The standard InChI is InChI=1S/C20H29N3O3S2/c1-3-4-5-8-12-23-17-10-7-6-9-16(17)21-19(23)27-14-18(24)22-20(2)11-13-28(25,26)15-20/h6-7,9-10H,3-5,8,11-15H2,1-2H3,(H,22,24)/t20-/m0/s1. The number of hydrogen-bond acceptors (Lipinski definition) is 5. The zero-order valence-corrected chi connectivity index (χ0v) is 18.2. The summed E-state index contributed by atoms with van der Waals surface area (Å²) in [7, 11) is -3.04. The van der Waals surface area contributed by atoms with Gasteiger partial charge >= 0.3 is 0 Å². The highest BCUT2D eigenvalue weighted by molar-refractivity contribution is 7.99. The predicted octanol–water partition coefficient (Wildman–Crippen LogP) is 3.40. The first-order valence-corrected chi connectivity index (χ1v) is 12.7. The van der Waals surface area contributed by atoms with Crippen LogP contribution in [0.25, 0.3) is 11.0 Å². The van der Waals surface area contributed by atoms with Crippen LogP contribution in [-0.2, 0) is 21.2 Å². The first-order chi connectivity index (χ1) is 13.3. The number of aryl methyl sites for hydroxylation is 1. The second-order valence-electron chi connectivity index (χ2n) is 7.83. The number of para-hydroxylation sites is 2. The third kappa shape index (κ3) is 5.29. The first-order valence-electron chi connectivity index (χ1n) is 9.91. The maximum atomic E-state index is 12.5. The molecule has 0 bridgehead atoms. The molecule has 2 aromatic rings. The van der Waals surface area contributed by atoms with Gasteiger partial charge < -0.3 is 9.88 Å². The monoisotopic (exact) mass is 423 g/mol. The van der Waals surface area contributed by atoms with Gasteiger partial charge in [0.05, 0.1) is 33.8 Å². The van der Waals surface area contributed by atoms with Crippen molar-refractivity contribution in [2.24, 2.45) is 0 Å². The summed E-state index contributed by atoms with van der Waals surface area (Å²) in [6.45, 7) is 4.89. The summed E-state index contributed by atoms with van der Waals surface area (Å²) in [5.74, 6) is 0.249. The fraction of sp³-hybridized carbons (Fsp3) is 0.600. The third-order valence-electron chi connectivity index (χ3n) is 5.13. The van der Waals surface area contributed by atoms with Gasteiger partial charge in [-0.25, -0.2) is 13.4 Å². The fourth-order valence-corrected chi connectivity index (χ4v) is 6.62. The summed E-state index contributed by atoms with van der Waals surface area (Å²) >= 11 is 1.42. The number of hydrogen-bond donors (Lipinski definition) is 1. The maximum Gasteiger partial charge on any atom is 0.230 e. The van der Waals surface area contributed by atoms with Crippen molar-refractivity contribution in [1.82, 2.24) is 14.9 Å². The Morgan fingerprint density at radius 3 is 2.79 bits per heavy atom. The molecule has 1 atom stereocenters. The van der Waals surface area contributed by atoms with Crippen molar-refractivity contribution in [3.8, 4) is 0 Å². The molecule has 1 aromatic heterocycles. The van der Waals surface area contributed by atoms with E-state index in [-0.39, 0.29) is 23.2 Å². The molecule has 154 valence electrons. The van der Waals surface area contributed by atoms with Crippen molar-refractivity contribution in [3.63, 3.8) is 0 Å². The van der Waals surface area contributed by atoms with Crippen LogP contribution in [0.4, 0.5) is 0 Å². The minimum Gasteiger partial charge on any atom is -0.349 e. The largest absolute Gasteiger partial charge is 0.349 e. The number of fused-ring (bicyclic) bond motifs is 1. The number of carbonyl (C=O) groups excluding carboxylic acids is 1. The number of rotatable bonds is 9. The van der Waals surface area contributed by atoms with Crippen molar-refractivity contribution < 1.29 is 13.2 Å². The van der Waals surface area contributed by atoms with Crippen LogP contribution in [0.1, 0.15) is 46.0 Å². The summed E-state index contributed by atoms with van der Waals surface area (Å²) in [5.41, 5.74) is 1.38. The van der Waals surface area contributed by atoms with Crippen molar-refractivity contribution in [2.75, 3.05) is 17.3 Å². The molecule has 1 aromatic carbocycles. The van der Waals surface area contributed by atoms with E-state index in [9.17, 15) is 13.2 Å². The lowest BCUT2D eigenvalue weighted by Gasteiger charge is -2.23. The van der Waals surface area contributed by atoms with E-state index in [0.29, 0.717) is 6.42 Å². The number of sulfone groups is 1. The molecule has 8 heteroatoms. The van der Waals surface area contributed by atoms with Crippen LogP contribution < -0.4 is 5.32 Å². The van der Waals surface area contributed by atoms with Crippen LogP contribution in [0, 0.1) is 0 Å². The molecule has 2 heterocycles.